The van der Waals surface area contributed by atoms with Crippen molar-refractivity contribution in [1.29, 1.82) is 0 Å². The molecule has 0 aromatic carbocycles. The highest BCUT2D eigenvalue weighted by atomic mass is 16.7. The molecule has 2 aliphatic heterocycles. The van der Waals surface area contributed by atoms with Gasteiger partial charge in [0.05, 0.1) is 37.6 Å². The van der Waals surface area contributed by atoms with Crippen LogP contribution in [0.4, 0.5) is 0 Å². The summed E-state index contributed by atoms with van der Waals surface area (Å²) in [5.41, 5.74) is 0.176. The first kappa shape index (κ1) is 41.8. The number of allylic oxidation sites excluding steroid dienone is 1. The van der Waals surface area contributed by atoms with E-state index >= 15 is 0 Å². The van der Waals surface area contributed by atoms with Crippen LogP contribution in [0.15, 0.2) is 11.6 Å². The fourth-order valence-corrected chi connectivity index (χ4v) is 11.7. The van der Waals surface area contributed by atoms with Gasteiger partial charge in [0, 0.05) is 11.8 Å². The number of rotatable bonds is 11. The molecule has 0 aromatic heterocycles. The Balaban J connectivity index is 1.31. The van der Waals surface area contributed by atoms with E-state index in [1.54, 1.807) is 0 Å². The molecule has 4 aliphatic carbocycles. The molecule has 0 spiro atoms. The van der Waals surface area contributed by atoms with Crippen LogP contribution < -0.4 is 0 Å². The molecule has 0 aromatic rings. The summed E-state index contributed by atoms with van der Waals surface area (Å²) in [5.74, 6) is 0.371. The molecule has 2 heterocycles. The molecule has 6 aliphatic rings. The first-order valence-corrected chi connectivity index (χ1v) is 19.9. The van der Waals surface area contributed by atoms with E-state index in [1.165, 1.54) is 0 Å². The fraction of sp³-hybridized carbons (Fsp3) is 0.949. The lowest BCUT2D eigenvalue weighted by molar-refractivity contribution is -0.324. The molecule has 53 heavy (non-hydrogen) atoms. The Kier molecular flexibility index (Phi) is 12.8. The number of hydrogen-bond donors (Lipinski definition) is 10. The van der Waals surface area contributed by atoms with Crippen LogP contribution in [0.5, 0.6) is 0 Å². The Hall–Kier alpha value is -0.820. The van der Waals surface area contributed by atoms with E-state index in [1.807, 2.05) is 0 Å². The molecule has 10 N–H and O–H groups in total. The molecule has 2 saturated heterocycles. The van der Waals surface area contributed by atoms with Gasteiger partial charge in [-0.25, -0.2) is 0 Å². The molecule has 0 unspecified atom stereocenters. The van der Waals surface area contributed by atoms with Gasteiger partial charge in [0.25, 0.3) is 0 Å². The van der Waals surface area contributed by atoms with E-state index in [9.17, 15) is 51.1 Å². The maximum Gasteiger partial charge on any atom is 0.187 e. The lowest BCUT2D eigenvalue weighted by Gasteiger charge is -2.60. The van der Waals surface area contributed by atoms with E-state index < -0.39 is 104 Å². The van der Waals surface area contributed by atoms with Gasteiger partial charge in [0.15, 0.2) is 12.6 Å². The topological polar surface area (TPSA) is 239 Å². The van der Waals surface area contributed by atoms with E-state index in [2.05, 4.69) is 40.7 Å². The normalized spacial score (nSPS) is 51.2. The predicted octanol–water partition coefficient (Wildman–Crippen LogP) is -0.0505. The summed E-state index contributed by atoms with van der Waals surface area (Å²) in [6.45, 7) is 9.58. The SMILES string of the molecule is CC(C)CC[C@H](O)[C@@H](C)[C@H]1[C@@H](O[C@H]2O[C@@H](CO)[C@H](O)[C@@H](O)[C@@H]2O)C[C@H]2[C@@H]3CC=C4C[C@@H](O)C[C@@H](O[C@@H]5O[C@H](CO)[C@H](O)[C@H](O)[C@@H]5O)[C@@]4(C)[C@H]3CC[C@]12C. The van der Waals surface area contributed by atoms with Crippen LogP contribution in [0.2, 0.25) is 0 Å². The Labute approximate surface area is 312 Å². The fourth-order valence-electron chi connectivity index (χ4n) is 11.7. The standard InChI is InChI=1S/C39H66O14/c1-17(2)6-9-24(43)18(3)29-25(50-36-34(48)32(46)30(44)26(15-40)51-36)14-23-21-8-7-19-12-20(42)13-28(39(19,5)22(21)10-11-38(23,29)4)53-37-35(49)33(47)31(45)27(16-41)52-37/h7,17-18,20-37,40-49H,6,8-16H2,1-5H3/t18-,20-,21-,22+,23+,24+,25+,26+,27-,28-,29+,30+,31+,32-,33+,34+,35+,36+,37+,38+,39-/m1/s1. The van der Waals surface area contributed by atoms with E-state index in [0.717, 1.165) is 31.3 Å². The number of aliphatic hydroxyl groups excluding tert-OH is 10. The quantitative estimate of drug-likeness (QED) is 0.124. The van der Waals surface area contributed by atoms with Crippen molar-refractivity contribution < 1.29 is 70.0 Å². The van der Waals surface area contributed by atoms with Gasteiger partial charge in [-0.1, -0.05) is 46.3 Å². The predicted molar refractivity (Wildman–Crippen MR) is 188 cm³/mol. The van der Waals surface area contributed by atoms with Crippen LogP contribution in [-0.4, -0.2) is 150 Å². The van der Waals surface area contributed by atoms with Gasteiger partial charge in [-0.3, -0.25) is 0 Å². The van der Waals surface area contributed by atoms with Gasteiger partial charge >= 0.3 is 0 Å². The molecule has 21 atom stereocenters. The Morgan fingerprint density at radius 3 is 1.92 bits per heavy atom. The molecule has 3 saturated carbocycles. The van der Waals surface area contributed by atoms with Crippen LogP contribution in [0.3, 0.4) is 0 Å². The lowest BCUT2D eigenvalue weighted by atomic mass is 9.46. The van der Waals surface area contributed by atoms with Crippen LogP contribution in [0.25, 0.3) is 0 Å². The number of fused-ring (bicyclic) bond motifs is 5. The zero-order valence-electron chi connectivity index (χ0n) is 31.8. The van der Waals surface area contributed by atoms with Crippen LogP contribution in [-0.2, 0) is 18.9 Å². The maximum absolute atomic E-state index is 11.6. The second kappa shape index (κ2) is 16.2. The zero-order chi connectivity index (χ0) is 38.7. The monoisotopic (exact) mass is 758 g/mol. The van der Waals surface area contributed by atoms with Crippen molar-refractivity contribution in [3.8, 4) is 0 Å². The highest BCUT2D eigenvalue weighted by molar-refractivity contribution is 5.28. The Morgan fingerprint density at radius 1 is 0.774 bits per heavy atom. The minimum absolute atomic E-state index is 0.0794. The molecule has 0 amide bonds. The summed E-state index contributed by atoms with van der Waals surface area (Å²) >= 11 is 0. The second-order valence-electron chi connectivity index (χ2n) is 18.1. The third-order valence-corrected chi connectivity index (χ3v) is 14.7. The first-order chi connectivity index (χ1) is 25.0. The van der Waals surface area contributed by atoms with E-state index in [4.69, 9.17) is 18.9 Å². The summed E-state index contributed by atoms with van der Waals surface area (Å²) in [6.07, 6.45) is -9.27. The average Bonchev–Trinajstić information content (AvgIpc) is 3.42. The van der Waals surface area contributed by atoms with Crippen molar-refractivity contribution in [1.82, 2.24) is 0 Å². The van der Waals surface area contributed by atoms with Gasteiger partial charge in [0.1, 0.15) is 48.8 Å². The van der Waals surface area contributed by atoms with Crippen molar-refractivity contribution in [2.45, 2.75) is 172 Å². The lowest BCUT2D eigenvalue weighted by Crippen LogP contribution is -2.62. The highest BCUT2D eigenvalue weighted by Gasteiger charge is 2.65. The smallest absolute Gasteiger partial charge is 0.187 e. The molecule has 5 fully saturated rings. The van der Waals surface area contributed by atoms with Gasteiger partial charge in [-0.15, -0.1) is 0 Å². The van der Waals surface area contributed by atoms with E-state index in [0.29, 0.717) is 25.2 Å². The summed E-state index contributed by atoms with van der Waals surface area (Å²) in [7, 11) is 0. The van der Waals surface area contributed by atoms with Gasteiger partial charge in [0.2, 0.25) is 0 Å². The van der Waals surface area contributed by atoms with Crippen LogP contribution in [0, 0.1) is 46.3 Å². The van der Waals surface area contributed by atoms with Gasteiger partial charge < -0.3 is 70.0 Å². The van der Waals surface area contributed by atoms with Crippen LogP contribution >= 0.6 is 0 Å². The number of hydrogen-bond acceptors (Lipinski definition) is 14. The van der Waals surface area contributed by atoms with Crippen molar-refractivity contribution >= 4 is 0 Å². The molecule has 6 rings (SSSR count). The first-order valence-electron chi connectivity index (χ1n) is 19.9. The highest BCUT2D eigenvalue weighted by Crippen LogP contribution is 2.68. The molecular weight excluding hydrogens is 692 g/mol. The maximum atomic E-state index is 11.6. The van der Waals surface area contributed by atoms with Crippen molar-refractivity contribution in [3.63, 3.8) is 0 Å². The summed E-state index contributed by atoms with van der Waals surface area (Å²) in [5, 5.41) is 106. The molecule has 306 valence electrons. The molecule has 0 bridgehead atoms. The van der Waals surface area contributed by atoms with Crippen molar-refractivity contribution in [2.24, 2.45) is 46.3 Å². The molecule has 14 nitrogen and oxygen atoms in total. The summed E-state index contributed by atoms with van der Waals surface area (Å²) < 4.78 is 24.8. The summed E-state index contributed by atoms with van der Waals surface area (Å²) in [6, 6.07) is 0. The van der Waals surface area contributed by atoms with Crippen LogP contribution in [0.1, 0.15) is 86.0 Å². The van der Waals surface area contributed by atoms with Gasteiger partial charge in [-0.2, -0.15) is 0 Å². The Morgan fingerprint density at radius 2 is 1.36 bits per heavy atom. The summed E-state index contributed by atoms with van der Waals surface area (Å²) in [4.78, 5) is 0. The van der Waals surface area contributed by atoms with Crippen molar-refractivity contribution in [2.75, 3.05) is 13.2 Å². The van der Waals surface area contributed by atoms with E-state index in [-0.39, 0.29) is 41.4 Å². The Bertz CT molecular complexity index is 1260. The third-order valence-electron chi connectivity index (χ3n) is 14.7. The largest absolute Gasteiger partial charge is 0.394 e. The average molecular weight is 759 g/mol. The third kappa shape index (κ3) is 7.42. The molecule has 14 heteroatoms. The second-order valence-corrected chi connectivity index (χ2v) is 18.1. The number of aliphatic hydroxyl groups is 10. The number of ether oxygens (including phenoxy) is 4. The molecular formula is C39H66O14. The van der Waals surface area contributed by atoms with Gasteiger partial charge in [-0.05, 0) is 85.9 Å². The zero-order valence-corrected chi connectivity index (χ0v) is 31.8. The molecule has 0 radical (unpaired) electrons. The minimum Gasteiger partial charge on any atom is -0.394 e. The minimum atomic E-state index is -1.59. The van der Waals surface area contributed by atoms with Crippen molar-refractivity contribution in [3.05, 3.63) is 11.6 Å².